The van der Waals surface area contributed by atoms with Gasteiger partial charge in [0.2, 0.25) is 0 Å². The van der Waals surface area contributed by atoms with Gasteiger partial charge in [0.25, 0.3) is 0 Å². The van der Waals surface area contributed by atoms with Gasteiger partial charge in [-0.3, -0.25) is 9.97 Å². The van der Waals surface area contributed by atoms with E-state index in [-0.39, 0.29) is 0 Å². The number of pyridine rings is 1. The fourth-order valence-electron chi connectivity index (χ4n) is 3.39. The molecule has 10 rings (SSSR count). The van der Waals surface area contributed by atoms with Crippen LogP contribution in [0, 0.1) is 0 Å². The van der Waals surface area contributed by atoms with Crippen LogP contribution in [0.15, 0.2) is 237 Å². The maximum atomic E-state index is 5.12. The molecule has 0 radical (unpaired) electrons. The van der Waals surface area contributed by atoms with Crippen molar-refractivity contribution in [3.05, 3.63) is 228 Å². The van der Waals surface area contributed by atoms with Crippen molar-refractivity contribution >= 4 is 55.1 Å². The van der Waals surface area contributed by atoms with E-state index in [4.69, 9.17) is 4.42 Å². The SMILES string of the molecule is CC.CC.CC.CC.CC.CC.CC.CC.CC.CC.CC.CC.CC.CC.CC.CC.[Rf].c1cc[n-]c1.c1ccc2occc2c1.c1ccc2sccc2c1.c1ccccc1.c1ccncc1.c1ccoc1.c1ccsc1.c1cscn1. The summed E-state index contributed by atoms with van der Waals surface area (Å²) in [6.45, 7) is 64.0. The Morgan fingerprint density at radius 2 is 0.687 bits per heavy atom. The molecular formula is C74H134N3O2RfS3-. The number of nitrogens with zero attached hydrogens (tertiary/aromatic N) is 3. The largest absolute Gasteiger partial charge is 0.670 e. The quantitative estimate of drug-likeness (QED) is 0.151. The van der Waals surface area contributed by atoms with E-state index in [1.54, 1.807) is 89.3 Å². The number of benzene rings is 3. The number of hydrogen-bond donors (Lipinski definition) is 0. The molecule has 0 unspecified atom stereocenters. The van der Waals surface area contributed by atoms with Crippen LogP contribution in [0.2, 0.25) is 0 Å². The number of thiophene rings is 2. The van der Waals surface area contributed by atoms with Crippen molar-refractivity contribution in [2.24, 2.45) is 0 Å². The summed E-state index contributed by atoms with van der Waals surface area (Å²) in [5.41, 5.74) is 2.75. The van der Waals surface area contributed by atoms with Crippen molar-refractivity contribution in [3.63, 3.8) is 0 Å². The molecule has 5 nitrogen and oxygen atoms in total. The minimum absolute atomic E-state index is 0. The van der Waals surface area contributed by atoms with Gasteiger partial charge in [0, 0.05) is 34.1 Å². The molecule has 0 fully saturated rings. The van der Waals surface area contributed by atoms with Crippen LogP contribution >= 0.6 is 34.0 Å². The van der Waals surface area contributed by atoms with E-state index in [1.807, 2.05) is 359 Å². The van der Waals surface area contributed by atoms with Crippen molar-refractivity contribution in [2.75, 3.05) is 0 Å². The summed E-state index contributed by atoms with van der Waals surface area (Å²) in [6, 6.07) is 49.6. The average Bonchev–Trinajstić information content (AvgIpc) is 4.49. The summed E-state index contributed by atoms with van der Waals surface area (Å²) in [5.74, 6) is 0. The maximum Gasteiger partial charge on any atom is 0.133 e. The zero-order chi connectivity index (χ0) is 66.8. The van der Waals surface area contributed by atoms with Crippen LogP contribution in [0.5, 0.6) is 0 Å². The first-order valence-electron chi connectivity index (χ1n) is 31.4. The van der Waals surface area contributed by atoms with Crippen molar-refractivity contribution in [2.45, 2.75) is 222 Å². The van der Waals surface area contributed by atoms with E-state index in [9.17, 15) is 0 Å². The van der Waals surface area contributed by atoms with Gasteiger partial charge in [0.05, 0.1) is 24.3 Å². The molecule has 0 N–H and O–H groups in total. The second-order valence-corrected chi connectivity index (χ2v) is 11.7. The summed E-state index contributed by atoms with van der Waals surface area (Å²) in [7, 11) is 0. The van der Waals surface area contributed by atoms with Gasteiger partial charge < -0.3 is 13.8 Å². The van der Waals surface area contributed by atoms with E-state index < -0.39 is 0 Å². The number of aromatic nitrogens is 3. The molecule has 0 amide bonds. The van der Waals surface area contributed by atoms with Crippen LogP contribution < -0.4 is 4.98 Å². The summed E-state index contributed by atoms with van der Waals surface area (Å²) in [5, 5.41) is 10.6. The Kier molecular flexibility index (Phi) is 219. The molecule has 0 aliphatic carbocycles. The molecule has 0 saturated carbocycles. The fraction of sp³-hybridized carbons (Fsp3) is 0.432. The molecule has 9 heteroatoms. The topological polar surface area (TPSA) is 66.2 Å². The van der Waals surface area contributed by atoms with Gasteiger partial charge in [0.1, 0.15) is 5.58 Å². The van der Waals surface area contributed by atoms with Gasteiger partial charge in [-0.2, -0.15) is 23.7 Å². The van der Waals surface area contributed by atoms with Gasteiger partial charge in [-0.05, 0) is 70.1 Å². The van der Waals surface area contributed by atoms with Crippen LogP contribution in [0.1, 0.15) is 222 Å². The molecule has 0 aliphatic heterocycles. The van der Waals surface area contributed by atoms with Gasteiger partial charge in [-0.15, -0.1) is 22.7 Å². The molecular weight excluding hydrogens is 1330 g/mol. The van der Waals surface area contributed by atoms with Gasteiger partial charge in [0.15, 0.2) is 0 Å². The first kappa shape index (κ1) is 115. The molecule has 7 aromatic heterocycles. The fourth-order valence-corrected chi connectivity index (χ4v) is 4.98. The minimum atomic E-state index is 0. The molecule has 478 valence electrons. The van der Waals surface area contributed by atoms with E-state index in [0.717, 1.165) is 11.0 Å². The number of thiazole rings is 1. The number of hydrogen-bond acceptors (Lipinski definition) is 7. The van der Waals surface area contributed by atoms with Crippen molar-refractivity contribution in [3.8, 4) is 0 Å². The molecule has 10 aromatic rings. The Labute approximate surface area is 525 Å². The summed E-state index contributed by atoms with van der Waals surface area (Å²) < 4.78 is 11.1. The Hall–Kier alpha value is -6.80. The van der Waals surface area contributed by atoms with Crippen molar-refractivity contribution in [1.29, 1.82) is 0 Å². The third kappa shape index (κ3) is 115. The Bertz CT molecular complexity index is 1640. The third-order valence-electron chi connectivity index (χ3n) is 5.61. The van der Waals surface area contributed by atoms with Crippen LogP contribution in [-0.4, -0.2) is 9.97 Å². The second-order valence-electron chi connectivity index (χ2n) is 9.19. The van der Waals surface area contributed by atoms with E-state index in [1.165, 1.54) is 10.1 Å². The number of furan rings is 2. The smallest absolute Gasteiger partial charge is 0.133 e. The molecule has 0 saturated heterocycles. The van der Waals surface area contributed by atoms with Crippen molar-refractivity contribution < 1.29 is 8.83 Å². The molecule has 0 bridgehead atoms. The molecule has 0 spiro atoms. The Morgan fingerprint density at radius 1 is 0.301 bits per heavy atom. The minimum Gasteiger partial charge on any atom is -0.670 e. The summed E-state index contributed by atoms with van der Waals surface area (Å²) in [6.07, 6.45) is 13.7. The third-order valence-corrected chi connectivity index (χ3v) is 7.66. The Balaban J connectivity index is -0.0000000460. The normalized spacial score (nSPS) is 6.46. The first-order chi connectivity index (χ1) is 40.9. The second kappa shape index (κ2) is 158. The van der Waals surface area contributed by atoms with Crippen LogP contribution in [-0.2, 0) is 0 Å². The van der Waals surface area contributed by atoms with Crippen molar-refractivity contribution in [1.82, 2.24) is 15.0 Å². The summed E-state index contributed by atoms with van der Waals surface area (Å²) >= 11 is 5.10. The monoisotopic (exact) mass is 1460 g/mol. The first-order valence-corrected chi connectivity index (χ1v) is 34.2. The molecule has 7 heterocycles. The predicted molar refractivity (Wildman–Crippen MR) is 395 cm³/mol. The average molecular weight is 1460 g/mol. The van der Waals surface area contributed by atoms with E-state index in [0.29, 0.717) is 0 Å². The zero-order valence-electron chi connectivity index (χ0n) is 60.0. The molecule has 0 atom stereocenters. The maximum absolute atomic E-state index is 5.12. The number of rotatable bonds is 0. The Morgan fingerprint density at radius 3 is 0.940 bits per heavy atom. The van der Waals surface area contributed by atoms with Gasteiger partial charge in [-0.25, -0.2) is 0 Å². The molecule has 0 aliphatic rings. The van der Waals surface area contributed by atoms with Gasteiger partial charge >= 0.3 is 0 Å². The predicted octanol–water partition coefficient (Wildman–Crippen LogP) is 29.3. The van der Waals surface area contributed by atoms with Crippen LogP contribution in [0.25, 0.3) is 21.1 Å². The molecule has 3 aromatic carbocycles. The van der Waals surface area contributed by atoms with Crippen LogP contribution in [0.4, 0.5) is 0 Å². The van der Waals surface area contributed by atoms with E-state index in [2.05, 4.69) is 55.1 Å². The molecule has 83 heavy (non-hydrogen) atoms. The van der Waals surface area contributed by atoms with Crippen LogP contribution in [0.3, 0.4) is 0 Å². The zero-order valence-corrected chi connectivity index (χ0v) is 68.9. The van der Waals surface area contributed by atoms with Gasteiger partial charge in [-0.1, -0.05) is 325 Å². The summed E-state index contributed by atoms with van der Waals surface area (Å²) in [4.78, 5) is 11.2. The van der Waals surface area contributed by atoms with E-state index >= 15 is 0 Å². The number of para-hydroxylation sites is 1. The number of fused-ring (bicyclic) bond motifs is 2. The standard InChI is InChI=1S/C8H6O.C8H6S.C6H6.C5H5N.C4H4N.C4H4O.C4H4S.C3H3NS.16C2H6.Rf/c2*1-2-4-8-7(3-1)5-6-9-8;2*1-2-4-6-5-3-1;3*1-2-4-5-3-1;1-2-5-3-4-1;16*1-2;/h2*1-6H;1-6H;1-5H;3*1-4H;1-3H;16*1-2H3;/q;;;;-1;;;;;;;;;;;;;;;;;;;;.